The van der Waals surface area contributed by atoms with Crippen molar-refractivity contribution in [3.05, 3.63) is 24.4 Å². The highest BCUT2D eigenvalue weighted by Crippen LogP contribution is 2.22. The molecule has 66 valence electrons. The first-order chi connectivity index (χ1) is 5.65. The zero-order valence-corrected chi connectivity index (χ0v) is 7.74. The molecule has 0 saturated heterocycles. The lowest BCUT2D eigenvalue weighted by Gasteiger charge is -2.10. The van der Waals surface area contributed by atoms with E-state index in [-0.39, 0.29) is 5.92 Å². The Kier molecular flexibility index (Phi) is 2.63. The van der Waals surface area contributed by atoms with Crippen LogP contribution < -0.4 is 0 Å². The maximum atomic E-state index is 5.04. The third-order valence-corrected chi connectivity index (χ3v) is 2.09. The smallest absolute Gasteiger partial charge is 0.230 e. The molecule has 0 aliphatic carbocycles. The Balaban J connectivity index is 2.77. The van der Waals surface area contributed by atoms with E-state index in [0.717, 1.165) is 0 Å². The van der Waals surface area contributed by atoms with E-state index in [1.54, 1.807) is 0 Å². The summed E-state index contributed by atoms with van der Waals surface area (Å²) in [5.41, 5.74) is 0. The predicted octanol–water partition coefficient (Wildman–Crippen LogP) is 2.30. The number of nitrogens with zero attached hydrogens (tertiary/aromatic N) is 2. The molecular weight excluding hydrogens is 152 g/mol. The topological polar surface area (TPSA) is 38.9 Å². The van der Waals surface area contributed by atoms with Crippen molar-refractivity contribution in [2.45, 2.75) is 26.7 Å². The van der Waals surface area contributed by atoms with E-state index in [0.29, 0.717) is 17.6 Å². The third-order valence-electron chi connectivity index (χ3n) is 2.09. The maximum Gasteiger partial charge on any atom is 0.230 e. The summed E-state index contributed by atoms with van der Waals surface area (Å²) in [5.74, 6) is 2.00. The van der Waals surface area contributed by atoms with Gasteiger partial charge in [0.2, 0.25) is 5.89 Å². The van der Waals surface area contributed by atoms with E-state index in [1.165, 1.54) is 0 Å². The monoisotopic (exact) mass is 166 g/mol. The van der Waals surface area contributed by atoms with Crippen molar-refractivity contribution >= 4 is 0 Å². The third kappa shape index (κ3) is 1.72. The summed E-state index contributed by atoms with van der Waals surface area (Å²) in [6.07, 6.45) is 1.89. The average molecular weight is 166 g/mol. The minimum atomic E-state index is 0.253. The zero-order valence-electron chi connectivity index (χ0n) is 7.74. The SMILES string of the molecule is C=CC(C)C(C)c1nc(C)no1. The van der Waals surface area contributed by atoms with E-state index in [9.17, 15) is 0 Å². The molecule has 3 heteroatoms. The van der Waals surface area contributed by atoms with E-state index in [4.69, 9.17) is 4.52 Å². The summed E-state index contributed by atoms with van der Waals surface area (Å²) < 4.78 is 5.04. The van der Waals surface area contributed by atoms with Gasteiger partial charge in [0.25, 0.3) is 0 Å². The van der Waals surface area contributed by atoms with Gasteiger partial charge < -0.3 is 4.52 Å². The van der Waals surface area contributed by atoms with Crippen molar-refractivity contribution in [1.29, 1.82) is 0 Å². The first kappa shape index (κ1) is 8.97. The molecule has 0 bridgehead atoms. The van der Waals surface area contributed by atoms with Crippen LogP contribution in [0, 0.1) is 12.8 Å². The molecular formula is C9H14N2O. The largest absolute Gasteiger partial charge is 0.339 e. The van der Waals surface area contributed by atoms with Crippen LogP contribution in [0.2, 0.25) is 0 Å². The Hall–Kier alpha value is -1.12. The summed E-state index contributed by atoms with van der Waals surface area (Å²) in [5, 5.41) is 3.73. The van der Waals surface area contributed by atoms with Crippen LogP contribution in [0.5, 0.6) is 0 Å². The molecule has 0 radical (unpaired) electrons. The second-order valence-corrected chi connectivity index (χ2v) is 3.06. The minimum Gasteiger partial charge on any atom is -0.339 e. The molecule has 2 unspecified atom stereocenters. The molecule has 0 aromatic carbocycles. The number of rotatable bonds is 3. The fourth-order valence-electron chi connectivity index (χ4n) is 0.927. The Morgan fingerprint density at radius 3 is 2.58 bits per heavy atom. The molecule has 0 aliphatic rings. The molecule has 3 nitrogen and oxygen atoms in total. The highest BCUT2D eigenvalue weighted by atomic mass is 16.5. The molecule has 12 heavy (non-hydrogen) atoms. The van der Waals surface area contributed by atoms with Gasteiger partial charge in [-0.1, -0.05) is 25.1 Å². The Bertz CT molecular complexity index is 267. The van der Waals surface area contributed by atoms with Crippen LogP contribution in [0.4, 0.5) is 0 Å². The summed E-state index contributed by atoms with van der Waals surface area (Å²) >= 11 is 0. The quantitative estimate of drug-likeness (QED) is 0.647. The highest BCUT2D eigenvalue weighted by molar-refractivity contribution is 4.97. The number of aryl methyl sites for hydroxylation is 1. The number of allylic oxidation sites excluding steroid dienone is 1. The first-order valence-corrected chi connectivity index (χ1v) is 4.08. The van der Waals surface area contributed by atoms with Crippen LogP contribution in [0.3, 0.4) is 0 Å². The lowest BCUT2D eigenvalue weighted by molar-refractivity contribution is 0.338. The standard InChI is InChI=1S/C9H14N2O/c1-5-6(2)7(3)9-10-8(4)11-12-9/h5-7H,1H2,2-4H3. The zero-order chi connectivity index (χ0) is 9.14. The molecule has 0 fully saturated rings. The molecule has 0 N–H and O–H groups in total. The van der Waals surface area contributed by atoms with Crippen molar-refractivity contribution in [3.8, 4) is 0 Å². The first-order valence-electron chi connectivity index (χ1n) is 4.08. The highest BCUT2D eigenvalue weighted by Gasteiger charge is 2.17. The Labute approximate surface area is 72.5 Å². The second kappa shape index (κ2) is 3.52. The summed E-state index contributed by atoms with van der Waals surface area (Å²) in [7, 11) is 0. The van der Waals surface area contributed by atoms with Crippen molar-refractivity contribution in [3.63, 3.8) is 0 Å². The van der Waals surface area contributed by atoms with Crippen LogP contribution in [0.25, 0.3) is 0 Å². The molecule has 1 aromatic heterocycles. The molecule has 0 aliphatic heterocycles. The van der Waals surface area contributed by atoms with Crippen molar-refractivity contribution < 1.29 is 4.52 Å². The molecule has 1 heterocycles. The van der Waals surface area contributed by atoms with Gasteiger partial charge in [-0.05, 0) is 12.8 Å². The van der Waals surface area contributed by atoms with Crippen LogP contribution in [0.15, 0.2) is 17.2 Å². The van der Waals surface area contributed by atoms with Crippen LogP contribution >= 0.6 is 0 Å². The average Bonchev–Trinajstić information content (AvgIpc) is 2.49. The molecule has 2 atom stereocenters. The number of hydrogen-bond acceptors (Lipinski definition) is 3. The fourth-order valence-corrected chi connectivity index (χ4v) is 0.927. The summed E-state index contributed by atoms with van der Waals surface area (Å²) in [6.45, 7) is 9.68. The van der Waals surface area contributed by atoms with Crippen molar-refractivity contribution in [2.75, 3.05) is 0 Å². The van der Waals surface area contributed by atoms with E-state index in [1.807, 2.05) is 13.0 Å². The van der Waals surface area contributed by atoms with Gasteiger partial charge in [0.05, 0.1) is 0 Å². The number of hydrogen-bond donors (Lipinski definition) is 0. The second-order valence-electron chi connectivity index (χ2n) is 3.06. The Morgan fingerprint density at radius 1 is 1.50 bits per heavy atom. The van der Waals surface area contributed by atoms with E-state index in [2.05, 4.69) is 30.6 Å². The van der Waals surface area contributed by atoms with Gasteiger partial charge >= 0.3 is 0 Å². The van der Waals surface area contributed by atoms with Gasteiger partial charge in [-0.3, -0.25) is 0 Å². The van der Waals surface area contributed by atoms with Gasteiger partial charge in [-0.25, -0.2) is 0 Å². The summed E-state index contributed by atoms with van der Waals surface area (Å²) in [6, 6.07) is 0. The molecule has 0 spiro atoms. The molecule has 1 rings (SSSR count). The van der Waals surface area contributed by atoms with Crippen LogP contribution in [0.1, 0.15) is 31.5 Å². The van der Waals surface area contributed by atoms with Gasteiger partial charge in [0.1, 0.15) is 0 Å². The van der Waals surface area contributed by atoms with Gasteiger partial charge in [0.15, 0.2) is 5.82 Å². The maximum absolute atomic E-state index is 5.04. The van der Waals surface area contributed by atoms with Crippen molar-refractivity contribution in [1.82, 2.24) is 10.1 Å². The van der Waals surface area contributed by atoms with E-state index < -0.39 is 0 Å². The van der Waals surface area contributed by atoms with Crippen LogP contribution in [-0.2, 0) is 0 Å². The van der Waals surface area contributed by atoms with Gasteiger partial charge in [-0.15, -0.1) is 6.58 Å². The normalized spacial score (nSPS) is 15.6. The summed E-state index contributed by atoms with van der Waals surface area (Å²) in [4.78, 5) is 4.15. The Morgan fingerprint density at radius 2 is 2.17 bits per heavy atom. The van der Waals surface area contributed by atoms with Crippen molar-refractivity contribution in [2.24, 2.45) is 5.92 Å². The fraction of sp³-hybridized carbons (Fsp3) is 0.556. The van der Waals surface area contributed by atoms with E-state index >= 15 is 0 Å². The molecule has 0 amide bonds. The van der Waals surface area contributed by atoms with Gasteiger partial charge in [-0.2, -0.15) is 4.98 Å². The lowest BCUT2D eigenvalue weighted by atomic mass is 9.96. The van der Waals surface area contributed by atoms with Crippen LogP contribution in [-0.4, -0.2) is 10.1 Å². The molecule has 0 saturated carbocycles. The molecule has 1 aromatic rings. The van der Waals surface area contributed by atoms with Gasteiger partial charge in [0, 0.05) is 5.92 Å². The minimum absolute atomic E-state index is 0.253. The number of aromatic nitrogens is 2. The lowest BCUT2D eigenvalue weighted by Crippen LogP contribution is -2.03. The predicted molar refractivity (Wildman–Crippen MR) is 46.8 cm³/mol.